The van der Waals surface area contributed by atoms with E-state index < -0.39 is 0 Å². The van der Waals surface area contributed by atoms with Crippen molar-refractivity contribution in [3.8, 4) is 0 Å². The van der Waals surface area contributed by atoms with Crippen molar-refractivity contribution in [2.45, 2.75) is 32.7 Å². The number of anilines is 2. The number of aryl methyl sites for hydroxylation is 1. The van der Waals surface area contributed by atoms with Gasteiger partial charge in [0.05, 0.1) is 0 Å². The second-order valence-electron chi connectivity index (χ2n) is 4.75. The summed E-state index contributed by atoms with van der Waals surface area (Å²) in [5.41, 5.74) is 8.68. The highest BCUT2D eigenvalue weighted by Crippen LogP contribution is 2.28. The van der Waals surface area contributed by atoms with Crippen LogP contribution in [0.2, 0.25) is 0 Å². The minimum Gasteiger partial charge on any atom is -0.399 e. The van der Waals surface area contributed by atoms with Gasteiger partial charge in [-0.15, -0.1) is 0 Å². The monoisotopic (exact) mass is 233 g/mol. The van der Waals surface area contributed by atoms with Gasteiger partial charge in [0.1, 0.15) is 0 Å². The SMILES string of the molecule is CC(C)NC(=O)N1CCCc2cc(N)ccc21. The van der Waals surface area contributed by atoms with Gasteiger partial charge in [0.2, 0.25) is 0 Å². The number of rotatable bonds is 1. The van der Waals surface area contributed by atoms with Gasteiger partial charge in [-0.1, -0.05) is 0 Å². The topological polar surface area (TPSA) is 58.4 Å². The van der Waals surface area contributed by atoms with E-state index in [4.69, 9.17) is 5.73 Å². The Morgan fingerprint density at radius 1 is 1.47 bits per heavy atom. The molecule has 1 aliphatic heterocycles. The van der Waals surface area contributed by atoms with Crippen LogP contribution < -0.4 is 16.0 Å². The van der Waals surface area contributed by atoms with E-state index in [0.717, 1.165) is 36.3 Å². The third-order valence-corrected chi connectivity index (χ3v) is 2.88. The molecule has 4 nitrogen and oxygen atoms in total. The van der Waals surface area contributed by atoms with Crippen molar-refractivity contribution in [1.29, 1.82) is 0 Å². The van der Waals surface area contributed by atoms with Crippen molar-refractivity contribution < 1.29 is 4.79 Å². The van der Waals surface area contributed by atoms with E-state index in [0.29, 0.717) is 0 Å². The number of nitrogen functional groups attached to an aromatic ring is 1. The molecule has 1 heterocycles. The second-order valence-corrected chi connectivity index (χ2v) is 4.75. The summed E-state index contributed by atoms with van der Waals surface area (Å²) in [7, 11) is 0. The third kappa shape index (κ3) is 2.52. The molecule has 1 aromatic carbocycles. The van der Waals surface area contributed by atoms with E-state index in [1.54, 1.807) is 4.90 Å². The molecule has 0 saturated heterocycles. The molecule has 0 atom stereocenters. The van der Waals surface area contributed by atoms with Crippen LogP contribution in [0.4, 0.5) is 16.2 Å². The fraction of sp³-hybridized carbons (Fsp3) is 0.462. The van der Waals surface area contributed by atoms with Crippen LogP contribution in [0.3, 0.4) is 0 Å². The normalized spacial score (nSPS) is 14.6. The van der Waals surface area contributed by atoms with Gasteiger partial charge in [-0.25, -0.2) is 4.79 Å². The molecular weight excluding hydrogens is 214 g/mol. The van der Waals surface area contributed by atoms with Gasteiger partial charge in [0, 0.05) is 24.0 Å². The summed E-state index contributed by atoms with van der Waals surface area (Å²) in [6.07, 6.45) is 1.98. The largest absolute Gasteiger partial charge is 0.399 e. The van der Waals surface area contributed by atoms with Gasteiger partial charge in [-0.2, -0.15) is 0 Å². The standard InChI is InChI=1S/C13H19N3O/c1-9(2)15-13(17)16-7-3-4-10-8-11(14)5-6-12(10)16/h5-6,8-9H,3-4,7,14H2,1-2H3,(H,15,17). The molecule has 3 N–H and O–H groups in total. The molecule has 0 aliphatic carbocycles. The molecule has 0 aromatic heterocycles. The van der Waals surface area contributed by atoms with E-state index >= 15 is 0 Å². The molecule has 2 rings (SSSR count). The first-order chi connectivity index (χ1) is 8.08. The Morgan fingerprint density at radius 2 is 2.24 bits per heavy atom. The number of carbonyl (C=O) groups is 1. The van der Waals surface area contributed by atoms with Crippen LogP contribution >= 0.6 is 0 Å². The van der Waals surface area contributed by atoms with Gasteiger partial charge >= 0.3 is 6.03 Å². The van der Waals surface area contributed by atoms with Crippen molar-refractivity contribution in [3.05, 3.63) is 23.8 Å². The number of nitrogens with two attached hydrogens (primary N) is 1. The molecule has 1 aliphatic rings. The summed E-state index contributed by atoms with van der Waals surface area (Å²) >= 11 is 0. The molecule has 0 unspecified atom stereocenters. The molecule has 92 valence electrons. The maximum absolute atomic E-state index is 12.0. The summed E-state index contributed by atoms with van der Waals surface area (Å²) in [5.74, 6) is 0. The second kappa shape index (κ2) is 4.65. The van der Waals surface area contributed by atoms with Gasteiger partial charge in [0.15, 0.2) is 0 Å². The highest BCUT2D eigenvalue weighted by Gasteiger charge is 2.22. The minimum atomic E-state index is -0.0225. The van der Waals surface area contributed by atoms with Crippen LogP contribution in [0.1, 0.15) is 25.8 Å². The summed E-state index contributed by atoms with van der Waals surface area (Å²) in [6.45, 7) is 4.70. The average Bonchev–Trinajstić information content (AvgIpc) is 2.26. The summed E-state index contributed by atoms with van der Waals surface area (Å²) in [6, 6.07) is 5.88. The Kier molecular flexibility index (Phi) is 3.22. The molecule has 17 heavy (non-hydrogen) atoms. The molecule has 0 saturated carbocycles. The van der Waals surface area contributed by atoms with Crippen molar-refractivity contribution in [1.82, 2.24) is 5.32 Å². The van der Waals surface area contributed by atoms with Crippen molar-refractivity contribution in [2.24, 2.45) is 0 Å². The highest BCUT2D eigenvalue weighted by atomic mass is 16.2. The molecular formula is C13H19N3O. The van der Waals surface area contributed by atoms with Crippen LogP contribution in [0, 0.1) is 0 Å². The van der Waals surface area contributed by atoms with Crippen LogP contribution in [-0.4, -0.2) is 18.6 Å². The van der Waals surface area contributed by atoms with Crippen LogP contribution in [-0.2, 0) is 6.42 Å². The molecule has 0 spiro atoms. The number of hydrogen-bond acceptors (Lipinski definition) is 2. The fourth-order valence-corrected chi connectivity index (χ4v) is 2.15. The van der Waals surface area contributed by atoms with E-state index in [1.807, 2.05) is 32.0 Å². The van der Waals surface area contributed by atoms with E-state index in [1.165, 1.54) is 0 Å². The summed E-state index contributed by atoms with van der Waals surface area (Å²) in [5, 5.41) is 2.92. The summed E-state index contributed by atoms with van der Waals surface area (Å²) < 4.78 is 0. The lowest BCUT2D eigenvalue weighted by molar-refractivity contribution is 0.243. The predicted molar refractivity (Wildman–Crippen MR) is 70.2 cm³/mol. The third-order valence-electron chi connectivity index (χ3n) is 2.88. The van der Waals surface area contributed by atoms with E-state index in [2.05, 4.69) is 5.32 Å². The van der Waals surface area contributed by atoms with Crippen molar-refractivity contribution in [2.75, 3.05) is 17.2 Å². The van der Waals surface area contributed by atoms with Crippen molar-refractivity contribution in [3.63, 3.8) is 0 Å². The zero-order chi connectivity index (χ0) is 12.4. The van der Waals surface area contributed by atoms with Gasteiger partial charge in [-0.3, -0.25) is 4.90 Å². The Balaban J connectivity index is 2.25. The van der Waals surface area contributed by atoms with E-state index in [9.17, 15) is 4.79 Å². The van der Waals surface area contributed by atoms with Gasteiger partial charge < -0.3 is 11.1 Å². The predicted octanol–water partition coefficient (Wildman–Crippen LogP) is 2.14. The van der Waals surface area contributed by atoms with Crippen molar-refractivity contribution >= 4 is 17.4 Å². The molecule has 2 amide bonds. The molecule has 0 fully saturated rings. The number of benzene rings is 1. The smallest absolute Gasteiger partial charge is 0.322 e. The maximum atomic E-state index is 12.0. The Morgan fingerprint density at radius 3 is 2.94 bits per heavy atom. The minimum absolute atomic E-state index is 0.0225. The number of hydrogen-bond donors (Lipinski definition) is 2. The lowest BCUT2D eigenvalue weighted by Gasteiger charge is -2.30. The number of nitrogens with zero attached hydrogens (tertiary/aromatic N) is 1. The zero-order valence-corrected chi connectivity index (χ0v) is 10.4. The molecule has 1 aromatic rings. The number of urea groups is 1. The average molecular weight is 233 g/mol. The maximum Gasteiger partial charge on any atom is 0.322 e. The summed E-state index contributed by atoms with van der Waals surface area (Å²) in [4.78, 5) is 13.8. The van der Waals surface area contributed by atoms with Gasteiger partial charge in [0.25, 0.3) is 0 Å². The Bertz CT molecular complexity index is 429. The fourth-order valence-electron chi connectivity index (χ4n) is 2.15. The number of amides is 2. The van der Waals surface area contributed by atoms with Crippen LogP contribution in [0.15, 0.2) is 18.2 Å². The number of fused-ring (bicyclic) bond motifs is 1. The van der Waals surface area contributed by atoms with Gasteiger partial charge in [-0.05, 0) is 50.5 Å². The quantitative estimate of drug-likeness (QED) is 0.730. The van der Waals surface area contributed by atoms with Crippen LogP contribution in [0.25, 0.3) is 0 Å². The molecule has 0 radical (unpaired) electrons. The first-order valence-electron chi connectivity index (χ1n) is 6.04. The molecule has 4 heteroatoms. The highest BCUT2D eigenvalue weighted by molar-refractivity contribution is 5.93. The van der Waals surface area contributed by atoms with Crippen LogP contribution in [0.5, 0.6) is 0 Å². The number of nitrogens with one attached hydrogen (secondary N) is 1. The Hall–Kier alpha value is -1.71. The first-order valence-corrected chi connectivity index (χ1v) is 6.04. The molecule has 0 bridgehead atoms. The lowest BCUT2D eigenvalue weighted by Crippen LogP contribution is -2.45. The van der Waals surface area contributed by atoms with E-state index in [-0.39, 0.29) is 12.1 Å². The zero-order valence-electron chi connectivity index (χ0n) is 10.4. The Labute approximate surface area is 102 Å². The number of carbonyl (C=O) groups excluding carboxylic acids is 1. The first kappa shape index (κ1) is 11.8. The lowest BCUT2D eigenvalue weighted by atomic mass is 10.0.